The highest BCUT2D eigenvalue weighted by Crippen LogP contribution is 2.24. The molecule has 1 aromatic carbocycles. The van der Waals surface area contributed by atoms with E-state index in [1.807, 2.05) is 31.0 Å². The lowest BCUT2D eigenvalue weighted by molar-refractivity contribution is -0.122. The Kier molecular flexibility index (Phi) is 5.65. The molecule has 0 aliphatic carbocycles. The van der Waals surface area contributed by atoms with Gasteiger partial charge in [-0.15, -0.1) is 0 Å². The lowest BCUT2D eigenvalue weighted by atomic mass is 10.0. The lowest BCUT2D eigenvalue weighted by Gasteiger charge is -2.27. The van der Waals surface area contributed by atoms with Crippen molar-refractivity contribution in [3.63, 3.8) is 0 Å². The van der Waals surface area contributed by atoms with E-state index < -0.39 is 0 Å². The second-order valence-electron chi connectivity index (χ2n) is 4.38. The van der Waals surface area contributed by atoms with Gasteiger partial charge in [-0.2, -0.15) is 0 Å². The first kappa shape index (κ1) is 14.5. The van der Waals surface area contributed by atoms with Crippen LogP contribution in [-0.2, 0) is 4.79 Å². The minimum atomic E-state index is 0.0391. The van der Waals surface area contributed by atoms with Crippen LogP contribution in [0.15, 0.2) is 24.3 Å². The molecule has 0 spiro atoms. The first-order chi connectivity index (χ1) is 8.58. The van der Waals surface area contributed by atoms with Gasteiger partial charge in [-0.25, -0.2) is 0 Å². The molecule has 1 aromatic rings. The van der Waals surface area contributed by atoms with Crippen molar-refractivity contribution in [1.29, 1.82) is 0 Å². The molecule has 100 valence electrons. The van der Waals surface area contributed by atoms with E-state index in [0.717, 1.165) is 12.0 Å². The Morgan fingerprint density at radius 3 is 2.44 bits per heavy atom. The van der Waals surface area contributed by atoms with Crippen molar-refractivity contribution in [3.05, 3.63) is 29.8 Å². The molecule has 1 atom stereocenters. The molecule has 4 heteroatoms. The maximum absolute atomic E-state index is 11.6. The van der Waals surface area contributed by atoms with E-state index in [-0.39, 0.29) is 17.7 Å². The summed E-state index contributed by atoms with van der Waals surface area (Å²) < 4.78 is 0. The summed E-state index contributed by atoms with van der Waals surface area (Å²) in [6.07, 6.45) is 0.917. The number of phenolic OH excluding ortho intramolecular Hbond substituents is 1. The van der Waals surface area contributed by atoms with Crippen molar-refractivity contribution in [1.82, 2.24) is 10.2 Å². The topological polar surface area (TPSA) is 52.6 Å². The highest BCUT2D eigenvalue weighted by Gasteiger charge is 2.17. The number of phenols is 1. The van der Waals surface area contributed by atoms with E-state index in [0.29, 0.717) is 13.1 Å². The molecular formula is C14H22N2O2. The average molecular weight is 250 g/mol. The molecule has 0 aromatic heterocycles. The molecule has 0 bridgehead atoms. The summed E-state index contributed by atoms with van der Waals surface area (Å²) in [6, 6.07) is 7.35. The average Bonchev–Trinajstić information content (AvgIpc) is 2.32. The van der Waals surface area contributed by atoms with E-state index in [4.69, 9.17) is 0 Å². The Bertz CT molecular complexity index is 376. The fraction of sp³-hybridized carbons (Fsp3) is 0.500. The van der Waals surface area contributed by atoms with Gasteiger partial charge in [0.1, 0.15) is 5.75 Å². The first-order valence-electron chi connectivity index (χ1n) is 6.34. The number of nitrogens with zero attached hydrogens (tertiary/aromatic N) is 1. The summed E-state index contributed by atoms with van der Waals surface area (Å²) in [6.45, 7) is 5.04. The number of benzene rings is 1. The van der Waals surface area contributed by atoms with Gasteiger partial charge >= 0.3 is 0 Å². The Morgan fingerprint density at radius 1 is 1.33 bits per heavy atom. The lowest BCUT2D eigenvalue weighted by Crippen LogP contribution is -2.36. The van der Waals surface area contributed by atoms with Gasteiger partial charge in [-0.3, -0.25) is 9.69 Å². The van der Waals surface area contributed by atoms with Crippen molar-refractivity contribution in [3.8, 4) is 5.75 Å². The number of carbonyl (C=O) groups is 1. The van der Waals surface area contributed by atoms with Crippen LogP contribution in [0.4, 0.5) is 0 Å². The highest BCUT2D eigenvalue weighted by atomic mass is 16.3. The third kappa shape index (κ3) is 4.04. The predicted octanol–water partition coefficient (Wildman–Crippen LogP) is 1.91. The second kappa shape index (κ2) is 7.01. The van der Waals surface area contributed by atoms with Crippen molar-refractivity contribution < 1.29 is 9.90 Å². The number of rotatable bonds is 6. The van der Waals surface area contributed by atoms with Crippen LogP contribution in [-0.4, -0.2) is 36.1 Å². The Balaban J connectivity index is 2.70. The summed E-state index contributed by atoms with van der Waals surface area (Å²) in [7, 11) is 1.94. The summed E-state index contributed by atoms with van der Waals surface area (Å²) in [4.78, 5) is 13.6. The van der Waals surface area contributed by atoms with Gasteiger partial charge in [0.15, 0.2) is 0 Å². The van der Waals surface area contributed by atoms with Crippen molar-refractivity contribution in [2.24, 2.45) is 0 Å². The van der Waals surface area contributed by atoms with Gasteiger partial charge in [0.25, 0.3) is 0 Å². The summed E-state index contributed by atoms with van der Waals surface area (Å²) >= 11 is 0. The van der Waals surface area contributed by atoms with Crippen LogP contribution in [0.3, 0.4) is 0 Å². The molecular weight excluding hydrogens is 228 g/mol. The zero-order chi connectivity index (χ0) is 13.5. The van der Waals surface area contributed by atoms with Crippen LogP contribution in [0.5, 0.6) is 5.75 Å². The summed E-state index contributed by atoms with van der Waals surface area (Å²) in [5.41, 5.74) is 1.11. The molecule has 18 heavy (non-hydrogen) atoms. The number of amides is 1. The van der Waals surface area contributed by atoms with Crippen molar-refractivity contribution in [2.75, 3.05) is 20.1 Å². The number of nitrogens with one attached hydrogen (secondary N) is 1. The molecule has 1 amide bonds. The normalized spacial score (nSPS) is 12.4. The summed E-state index contributed by atoms with van der Waals surface area (Å²) in [5.74, 6) is 0.303. The molecule has 0 fully saturated rings. The fourth-order valence-corrected chi connectivity index (χ4v) is 2.09. The van der Waals surface area contributed by atoms with Crippen LogP contribution >= 0.6 is 0 Å². The zero-order valence-corrected chi connectivity index (χ0v) is 11.3. The van der Waals surface area contributed by atoms with Gasteiger partial charge in [0.2, 0.25) is 5.91 Å². The molecule has 0 saturated carbocycles. The molecule has 2 N–H and O–H groups in total. The number of carbonyl (C=O) groups excluding carboxylic acids is 1. The van der Waals surface area contributed by atoms with Gasteiger partial charge in [0.05, 0.1) is 6.54 Å². The molecule has 0 radical (unpaired) electrons. The van der Waals surface area contributed by atoms with Gasteiger partial charge in [-0.1, -0.05) is 19.1 Å². The van der Waals surface area contributed by atoms with Crippen LogP contribution < -0.4 is 5.32 Å². The van der Waals surface area contributed by atoms with E-state index in [1.165, 1.54) is 0 Å². The van der Waals surface area contributed by atoms with Crippen LogP contribution in [0.25, 0.3) is 0 Å². The minimum absolute atomic E-state index is 0.0391. The monoisotopic (exact) mass is 250 g/mol. The van der Waals surface area contributed by atoms with Crippen LogP contribution in [0.2, 0.25) is 0 Å². The number of hydrogen-bond acceptors (Lipinski definition) is 3. The maximum Gasteiger partial charge on any atom is 0.234 e. The van der Waals surface area contributed by atoms with Crippen molar-refractivity contribution in [2.45, 2.75) is 26.3 Å². The predicted molar refractivity (Wildman–Crippen MR) is 72.5 cm³/mol. The van der Waals surface area contributed by atoms with Crippen LogP contribution in [0, 0.1) is 0 Å². The van der Waals surface area contributed by atoms with Gasteiger partial charge < -0.3 is 10.4 Å². The first-order valence-corrected chi connectivity index (χ1v) is 6.34. The van der Waals surface area contributed by atoms with Gasteiger partial charge in [0, 0.05) is 12.6 Å². The number of likely N-dealkylation sites (N-methyl/N-ethyl adjacent to an activating group) is 2. The Morgan fingerprint density at radius 2 is 1.94 bits per heavy atom. The standard InChI is InChI=1S/C14H22N2O2/c1-4-13(11-6-8-12(17)9-7-11)16(3)10-14(18)15-5-2/h6-9,13,17H,4-5,10H2,1-3H3,(H,15,18). The van der Waals surface area contributed by atoms with E-state index in [9.17, 15) is 9.90 Å². The molecule has 1 unspecified atom stereocenters. The van der Waals surface area contributed by atoms with E-state index >= 15 is 0 Å². The highest BCUT2D eigenvalue weighted by molar-refractivity contribution is 5.77. The SMILES string of the molecule is CCNC(=O)CN(C)C(CC)c1ccc(O)cc1. The second-order valence-corrected chi connectivity index (χ2v) is 4.38. The zero-order valence-electron chi connectivity index (χ0n) is 11.3. The molecule has 0 heterocycles. The summed E-state index contributed by atoms with van der Waals surface area (Å²) in [5, 5.41) is 12.1. The van der Waals surface area contributed by atoms with E-state index in [2.05, 4.69) is 12.2 Å². The number of hydrogen-bond donors (Lipinski definition) is 2. The van der Waals surface area contributed by atoms with Gasteiger partial charge in [-0.05, 0) is 38.1 Å². The quantitative estimate of drug-likeness (QED) is 0.811. The molecule has 0 saturated heterocycles. The molecule has 0 aliphatic rings. The minimum Gasteiger partial charge on any atom is -0.508 e. The molecule has 1 rings (SSSR count). The molecule has 0 aliphatic heterocycles. The Labute approximate surface area is 109 Å². The maximum atomic E-state index is 11.6. The largest absolute Gasteiger partial charge is 0.508 e. The molecule has 4 nitrogen and oxygen atoms in total. The third-order valence-corrected chi connectivity index (χ3v) is 2.96. The third-order valence-electron chi connectivity index (χ3n) is 2.96. The fourth-order valence-electron chi connectivity index (χ4n) is 2.09. The number of aromatic hydroxyl groups is 1. The van der Waals surface area contributed by atoms with Crippen molar-refractivity contribution >= 4 is 5.91 Å². The van der Waals surface area contributed by atoms with E-state index in [1.54, 1.807) is 12.1 Å². The smallest absolute Gasteiger partial charge is 0.234 e. The van der Waals surface area contributed by atoms with Crippen LogP contribution in [0.1, 0.15) is 31.9 Å². The Hall–Kier alpha value is -1.55.